The number of esters is 1. The van der Waals surface area contributed by atoms with Crippen molar-refractivity contribution in [2.24, 2.45) is 7.05 Å². The molecule has 41 heavy (non-hydrogen) atoms. The third kappa shape index (κ3) is 6.34. The smallest absolute Gasteiger partial charge is 0.342 e. The summed E-state index contributed by atoms with van der Waals surface area (Å²) in [7, 11) is 9.49. The third-order valence-electron chi connectivity index (χ3n) is 6.63. The first-order valence-corrected chi connectivity index (χ1v) is 13.2. The van der Waals surface area contributed by atoms with Crippen molar-refractivity contribution in [2.45, 2.75) is 20.0 Å². The van der Waals surface area contributed by atoms with Gasteiger partial charge in [-0.2, -0.15) is 5.26 Å². The van der Waals surface area contributed by atoms with E-state index in [-0.39, 0.29) is 17.6 Å². The second-order valence-electron chi connectivity index (χ2n) is 10.4. The van der Waals surface area contributed by atoms with Gasteiger partial charge < -0.3 is 34.9 Å². The van der Waals surface area contributed by atoms with Gasteiger partial charge in [0.15, 0.2) is 0 Å². The monoisotopic (exact) mass is 556 g/mol. The SMILES string of the molecule is COc1cc(N(C)CCN(C)C)c(N)cc1Nc1ncc(C(=O)OC(C)C)c(-c2cc(C#N)cc3c2ccn3C)n1. The highest BCUT2D eigenvalue weighted by Gasteiger charge is 2.22. The first-order chi connectivity index (χ1) is 19.5. The number of nitrogens with two attached hydrogens (primary N) is 1. The number of benzene rings is 2. The Morgan fingerprint density at radius 1 is 1.20 bits per heavy atom. The van der Waals surface area contributed by atoms with E-state index >= 15 is 0 Å². The molecule has 11 nitrogen and oxygen atoms in total. The molecule has 2 aromatic heterocycles. The summed E-state index contributed by atoms with van der Waals surface area (Å²) in [6.07, 6.45) is 2.99. The van der Waals surface area contributed by atoms with Gasteiger partial charge in [0.05, 0.1) is 47.6 Å². The van der Waals surface area contributed by atoms with Gasteiger partial charge in [0.2, 0.25) is 5.95 Å². The van der Waals surface area contributed by atoms with Crippen LogP contribution in [0, 0.1) is 11.3 Å². The highest BCUT2D eigenvalue weighted by atomic mass is 16.5. The van der Waals surface area contributed by atoms with Gasteiger partial charge in [-0.05, 0) is 52.2 Å². The van der Waals surface area contributed by atoms with E-state index in [9.17, 15) is 10.1 Å². The maximum absolute atomic E-state index is 13.1. The number of nitrogens with one attached hydrogen (secondary N) is 1. The largest absolute Gasteiger partial charge is 0.494 e. The van der Waals surface area contributed by atoms with Crippen LogP contribution in [0.25, 0.3) is 22.2 Å². The lowest BCUT2D eigenvalue weighted by Crippen LogP contribution is -2.29. The van der Waals surface area contributed by atoms with Crippen LogP contribution in [0.3, 0.4) is 0 Å². The Bertz CT molecular complexity index is 1620. The van der Waals surface area contributed by atoms with Crippen molar-refractivity contribution in [3.8, 4) is 23.1 Å². The van der Waals surface area contributed by atoms with Gasteiger partial charge in [-0.25, -0.2) is 14.8 Å². The Kier molecular flexibility index (Phi) is 8.64. The fourth-order valence-corrected chi connectivity index (χ4v) is 4.48. The molecule has 0 saturated heterocycles. The number of fused-ring (bicyclic) bond motifs is 1. The molecule has 2 heterocycles. The van der Waals surface area contributed by atoms with Crippen LogP contribution >= 0.6 is 0 Å². The van der Waals surface area contributed by atoms with Crippen LogP contribution in [-0.4, -0.2) is 72.9 Å². The molecule has 0 amide bonds. The Hall–Kier alpha value is -4.82. The fraction of sp³-hybridized carbons (Fsp3) is 0.333. The van der Waals surface area contributed by atoms with E-state index in [0.717, 1.165) is 29.7 Å². The molecule has 0 atom stereocenters. The molecule has 4 aromatic rings. The van der Waals surface area contributed by atoms with Gasteiger partial charge in [-0.3, -0.25) is 0 Å². The van der Waals surface area contributed by atoms with Crippen molar-refractivity contribution in [3.63, 3.8) is 0 Å². The predicted molar refractivity (Wildman–Crippen MR) is 162 cm³/mol. The number of nitrogens with zero attached hydrogens (tertiary/aromatic N) is 6. The summed E-state index contributed by atoms with van der Waals surface area (Å²) in [5.41, 5.74) is 10.8. The average molecular weight is 557 g/mol. The van der Waals surface area contributed by atoms with Crippen molar-refractivity contribution in [1.82, 2.24) is 19.4 Å². The molecule has 2 aromatic carbocycles. The van der Waals surface area contributed by atoms with E-state index < -0.39 is 5.97 Å². The summed E-state index contributed by atoms with van der Waals surface area (Å²) >= 11 is 0. The van der Waals surface area contributed by atoms with Crippen LogP contribution in [0.5, 0.6) is 5.75 Å². The molecule has 0 unspecified atom stereocenters. The molecule has 0 saturated carbocycles. The minimum absolute atomic E-state index is 0.189. The van der Waals surface area contributed by atoms with Crippen molar-refractivity contribution in [3.05, 3.63) is 53.9 Å². The summed E-state index contributed by atoms with van der Waals surface area (Å²) in [5.74, 6) is 0.218. The van der Waals surface area contributed by atoms with Crippen LogP contribution in [-0.2, 0) is 11.8 Å². The normalized spacial score (nSPS) is 11.1. The molecule has 0 radical (unpaired) electrons. The van der Waals surface area contributed by atoms with Crippen molar-refractivity contribution < 1.29 is 14.3 Å². The zero-order chi connectivity index (χ0) is 29.8. The van der Waals surface area contributed by atoms with Crippen molar-refractivity contribution >= 4 is 39.9 Å². The molecule has 11 heteroatoms. The lowest BCUT2D eigenvalue weighted by molar-refractivity contribution is 0.0378. The Balaban J connectivity index is 1.81. The number of methoxy groups -OCH3 is 1. The summed E-state index contributed by atoms with van der Waals surface area (Å²) < 4.78 is 13.1. The number of anilines is 4. The Morgan fingerprint density at radius 3 is 2.61 bits per heavy atom. The van der Waals surface area contributed by atoms with Crippen LogP contribution in [0.2, 0.25) is 0 Å². The number of rotatable bonds is 10. The average Bonchev–Trinajstić information content (AvgIpc) is 3.31. The lowest BCUT2D eigenvalue weighted by Gasteiger charge is -2.24. The number of aryl methyl sites for hydroxylation is 1. The van der Waals surface area contributed by atoms with Gasteiger partial charge in [-0.15, -0.1) is 0 Å². The van der Waals surface area contributed by atoms with Gasteiger partial charge >= 0.3 is 5.97 Å². The third-order valence-corrected chi connectivity index (χ3v) is 6.63. The highest BCUT2D eigenvalue weighted by molar-refractivity contribution is 6.03. The quantitative estimate of drug-likeness (QED) is 0.214. The standard InChI is InChI=1S/C30H36N8O3/c1-18(2)41-29(39)22-17-33-30(35-28(22)21-12-19(16-31)13-25-20(21)8-9-37(25)5)34-24-14-23(32)26(15-27(24)40-7)38(6)11-10-36(3)4/h8-9,12-15,17-18H,10-11,32H2,1-7H3,(H,33,34,35). The number of nitrogen functional groups attached to an aromatic ring is 1. The molecule has 4 rings (SSSR count). The Morgan fingerprint density at radius 2 is 1.95 bits per heavy atom. The minimum atomic E-state index is -0.556. The molecule has 0 aliphatic carbocycles. The highest BCUT2D eigenvalue weighted by Crippen LogP contribution is 2.37. The number of ether oxygens (including phenoxy) is 2. The van der Waals surface area contributed by atoms with Crippen LogP contribution in [0.15, 0.2) is 42.7 Å². The van der Waals surface area contributed by atoms with Crippen LogP contribution in [0.4, 0.5) is 23.0 Å². The molecular weight excluding hydrogens is 520 g/mol. The van der Waals surface area contributed by atoms with Gasteiger partial charge in [-0.1, -0.05) is 0 Å². The number of aromatic nitrogens is 3. The predicted octanol–water partition coefficient (Wildman–Crippen LogP) is 4.40. The van der Waals surface area contributed by atoms with Gasteiger partial charge in [0.25, 0.3) is 0 Å². The molecular formula is C30H36N8O3. The maximum atomic E-state index is 13.1. The number of carbonyl (C=O) groups is 1. The van der Waals surface area contributed by atoms with E-state index in [4.69, 9.17) is 20.2 Å². The summed E-state index contributed by atoms with van der Waals surface area (Å²) in [5, 5.41) is 13.8. The molecule has 0 aliphatic heterocycles. The zero-order valence-corrected chi connectivity index (χ0v) is 24.5. The molecule has 0 aliphatic rings. The van der Waals surface area contributed by atoms with Gasteiger partial charge in [0, 0.05) is 62.1 Å². The minimum Gasteiger partial charge on any atom is -0.494 e. The van der Waals surface area contributed by atoms with Crippen LogP contribution in [0.1, 0.15) is 29.8 Å². The molecule has 3 N–H and O–H groups in total. The number of nitriles is 1. The number of likely N-dealkylation sites (N-methyl/N-ethyl adjacent to an activating group) is 2. The van der Waals surface area contributed by atoms with E-state index in [1.54, 1.807) is 39.2 Å². The molecule has 0 fully saturated rings. The van der Waals surface area contributed by atoms with E-state index in [1.807, 2.05) is 51.1 Å². The van der Waals surface area contributed by atoms with Crippen LogP contribution < -0.4 is 20.7 Å². The van der Waals surface area contributed by atoms with Crippen molar-refractivity contribution in [1.29, 1.82) is 5.26 Å². The molecule has 0 bridgehead atoms. The first-order valence-electron chi connectivity index (χ1n) is 13.2. The summed E-state index contributed by atoms with van der Waals surface area (Å²) in [4.78, 5) is 26.5. The summed E-state index contributed by atoms with van der Waals surface area (Å²) in [6.45, 7) is 5.20. The second kappa shape index (κ2) is 12.1. The molecule has 0 spiro atoms. The fourth-order valence-electron chi connectivity index (χ4n) is 4.48. The number of hydrogen-bond acceptors (Lipinski definition) is 10. The lowest BCUT2D eigenvalue weighted by atomic mass is 10.0. The Labute approximate surface area is 240 Å². The van der Waals surface area contributed by atoms with Gasteiger partial charge in [0.1, 0.15) is 11.3 Å². The number of carbonyl (C=O) groups excluding carboxylic acids is 1. The first kappa shape index (κ1) is 29.2. The number of hydrogen-bond donors (Lipinski definition) is 2. The summed E-state index contributed by atoms with van der Waals surface area (Å²) in [6, 6.07) is 11.3. The zero-order valence-electron chi connectivity index (χ0n) is 24.5. The van der Waals surface area contributed by atoms with Crippen molar-refractivity contribution in [2.75, 3.05) is 57.3 Å². The topological polar surface area (TPSA) is 135 Å². The van der Waals surface area contributed by atoms with E-state index in [0.29, 0.717) is 33.9 Å². The molecule has 214 valence electrons. The maximum Gasteiger partial charge on any atom is 0.342 e. The van der Waals surface area contributed by atoms with E-state index in [1.165, 1.54) is 6.20 Å². The van der Waals surface area contributed by atoms with E-state index in [2.05, 4.69) is 26.2 Å². The second-order valence-corrected chi connectivity index (χ2v) is 10.4.